The molecule has 27 heavy (non-hydrogen) atoms. The van der Waals surface area contributed by atoms with Gasteiger partial charge in [-0.1, -0.05) is 24.3 Å². The van der Waals surface area contributed by atoms with Gasteiger partial charge in [0, 0.05) is 31.1 Å². The van der Waals surface area contributed by atoms with Crippen LogP contribution in [0.4, 0.5) is 5.69 Å². The highest BCUT2D eigenvalue weighted by atomic mass is 16.5. The van der Waals surface area contributed by atoms with Gasteiger partial charge in [-0.3, -0.25) is 9.78 Å². The fraction of sp³-hybridized carbons (Fsp3) is 0.238. The third-order valence-corrected chi connectivity index (χ3v) is 4.24. The zero-order chi connectivity index (χ0) is 19.1. The highest BCUT2D eigenvalue weighted by Gasteiger charge is 2.07. The first-order chi connectivity index (χ1) is 13.2. The molecule has 3 rings (SSSR count). The van der Waals surface area contributed by atoms with Gasteiger partial charge < -0.3 is 20.1 Å². The Balaban J connectivity index is 1.50. The summed E-state index contributed by atoms with van der Waals surface area (Å²) >= 11 is 0. The van der Waals surface area contributed by atoms with Crippen LogP contribution in [0.15, 0.2) is 54.7 Å². The predicted molar refractivity (Wildman–Crippen MR) is 106 cm³/mol. The van der Waals surface area contributed by atoms with E-state index in [1.807, 2.05) is 48.5 Å². The standard InChI is InChI=1S/C21H23N3O3/c1-26-18-9-8-15(13-19(18)27-2)14-24-20(25)10-12-22-17-7-3-5-16-6-4-11-23-21(16)17/h3-9,11,13,22H,10,12,14H2,1-2H3,(H,24,25). The van der Waals surface area contributed by atoms with Gasteiger partial charge in [0.25, 0.3) is 0 Å². The average molecular weight is 365 g/mol. The quantitative estimate of drug-likeness (QED) is 0.640. The van der Waals surface area contributed by atoms with E-state index < -0.39 is 0 Å². The number of nitrogens with zero attached hydrogens (tertiary/aromatic N) is 1. The molecule has 0 bridgehead atoms. The first kappa shape index (κ1) is 18.5. The largest absolute Gasteiger partial charge is 0.493 e. The second kappa shape index (κ2) is 8.89. The Morgan fingerprint density at radius 3 is 2.67 bits per heavy atom. The molecule has 1 heterocycles. The Morgan fingerprint density at radius 2 is 1.85 bits per heavy atom. The number of ether oxygens (including phenoxy) is 2. The highest BCUT2D eigenvalue weighted by Crippen LogP contribution is 2.27. The third-order valence-electron chi connectivity index (χ3n) is 4.24. The fourth-order valence-electron chi connectivity index (χ4n) is 2.84. The molecule has 0 fully saturated rings. The van der Waals surface area contributed by atoms with Crippen molar-refractivity contribution in [2.45, 2.75) is 13.0 Å². The maximum Gasteiger partial charge on any atom is 0.222 e. The van der Waals surface area contributed by atoms with E-state index in [0.717, 1.165) is 22.2 Å². The Kier molecular flexibility index (Phi) is 6.10. The lowest BCUT2D eigenvalue weighted by molar-refractivity contribution is -0.121. The van der Waals surface area contributed by atoms with Crippen LogP contribution < -0.4 is 20.1 Å². The lowest BCUT2D eigenvalue weighted by atomic mass is 10.2. The van der Waals surface area contributed by atoms with Gasteiger partial charge in [0.05, 0.1) is 25.4 Å². The molecule has 0 spiro atoms. The maximum absolute atomic E-state index is 12.1. The molecule has 0 saturated heterocycles. The molecular formula is C21H23N3O3. The zero-order valence-electron chi connectivity index (χ0n) is 15.5. The Labute approximate surface area is 158 Å². The van der Waals surface area contributed by atoms with Gasteiger partial charge in [0.1, 0.15) is 0 Å². The molecule has 6 nitrogen and oxygen atoms in total. The molecule has 0 radical (unpaired) electrons. The van der Waals surface area contributed by atoms with Crippen molar-refractivity contribution in [3.8, 4) is 11.5 Å². The monoisotopic (exact) mass is 365 g/mol. The minimum Gasteiger partial charge on any atom is -0.493 e. The van der Waals surface area contributed by atoms with Crippen LogP contribution in [0, 0.1) is 0 Å². The summed E-state index contributed by atoms with van der Waals surface area (Å²) in [6.45, 7) is 0.975. The number of carbonyl (C=O) groups excluding carboxylic acids is 1. The lowest BCUT2D eigenvalue weighted by Gasteiger charge is -2.11. The summed E-state index contributed by atoms with van der Waals surface area (Å²) in [5.74, 6) is 1.29. The van der Waals surface area contributed by atoms with Gasteiger partial charge in [0.2, 0.25) is 5.91 Å². The van der Waals surface area contributed by atoms with Crippen LogP contribution in [-0.4, -0.2) is 31.7 Å². The summed E-state index contributed by atoms with van der Waals surface area (Å²) in [7, 11) is 3.19. The van der Waals surface area contributed by atoms with Crippen LogP contribution in [0.5, 0.6) is 11.5 Å². The number of para-hydroxylation sites is 1. The second-order valence-corrected chi connectivity index (χ2v) is 6.02. The number of nitrogens with one attached hydrogen (secondary N) is 2. The molecule has 0 aliphatic heterocycles. The molecule has 0 saturated carbocycles. The van der Waals surface area contributed by atoms with E-state index in [-0.39, 0.29) is 5.91 Å². The predicted octanol–water partition coefficient (Wildman–Crippen LogP) is 3.37. The Bertz CT molecular complexity index is 922. The molecule has 0 aliphatic carbocycles. The van der Waals surface area contributed by atoms with E-state index in [1.165, 1.54) is 0 Å². The van der Waals surface area contributed by atoms with Crippen molar-refractivity contribution >= 4 is 22.5 Å². The first-order valence-corrected chi connectivity index (χ1v) is 8.76. The van der Waals surface area contributed by atoms with Crippen molar-refractivity contribution in [3.05, 3.63) is 60.3 Å². The highest BCUT2D eigenvalue weighted by molar-refractivity contribution is 5.90. The van der Waals surface area contributed by atoms with Crippen molar-refractivity contribution < 1.29 is 14.3 Å². The molecule has 1 aromatic heterocycles. The molecule has 2 N–H and O–H groups in total. The van der Waals surface area contributed by atoms with E-state index in [4.69, 9.17) is 9.47 Å². The van der Waals surface area contributed by atoms with E-state index in [2.05, 4.69) is 15.6 Å². The molecule has 0 unspecified atom stereocenters. The third kappa shape index (κ3) is 4.67. The van der Waals surface area contributed by atoms with Gasteiger partial charge in [0.15, 0.2) is 11.5 Å². The Morgan fingerprint density at radius 1 is 1.04 bits per heavy atom. The molecule has 3 aromatic rings. The number of fused-ring (bicyclic) bond motifs is 1. The number of methoxy groups -OCH3 is 2. The van der Waals surface area contributed by atoms with Gasteiger partial charge in [-0.05, 0) is 29.8 Å². The second-order valence-electron chi connectivity index (χ2n) is 6.02. The van der Waals surface area contributed by atoms with E-state index >= 15 is 0 Å². The van der Waals surface area contributed by atoms with Crippen molar-refractivity contribution in [2.24, 2.45) is 0 Å². The number of pyridine rings is 1. The minimum absolute atomic E-state index is 0.0227. The van der Waals surface area contributed by atoms with Gasteiger partial charge in [-0.25, -0.2) is 0 Å². The average Bonchev–Trinajstić information content (AvgIpc) is 2.72. The van der Waals surface area contributed by atoms with Crippen molar-refractivity contribution in [1.29, 1.82) is 0 Å². The molecular weight excluding hydrogens is 342 g/mol. The summed E-state index contributed by atoms with van der Waals surface area (Å²) in [5, 5.41) is 7.28. The number of carbonyl (C=O) groups is 1. The number of amides is 1. The van der Waals surface area contributed by atoms with Crippen LogP contribution in [0.25, 0.3) is 10.9 Å². The topological polar surface area (TPSA) is 72.5 Å². The minimum atomic E-state index is -0.0227. The number of hydrogen-bond donors (Lipinski definition) is 2. The lowest BCUT2D eigenvalue weighted by Crippen LogP contribution is -2.24. The molecule has 0 aliphatic rings. The van der Waals surface area contributed by atoms with Crippen LogP contribution in [0.1, 0.15) is 12.0 Å². The van der Waals surface area contributed by atoms with E-state index in [1.54, 1.807) is 20.4 Å². The fourth-order valence-corrected chi connectivity index (χ4v) is 2.84. The van der Waals surface area contributed by atoms with E-state index in [9.17, 15) is 4.79 Å². The van der Waals surface area contributed by atoms with Gasteiger partial charge in [-0.2, -0.15) is 0 Å². The summed E-state index contributed by atoms with van der Waals surface area (Å²) in [6, 6.07) is 15.5. The number of hydrogen-bond acceptors (Lipinski definition) is 5. The first-order valence-electron chi connectivity index (χ1n) is 8.76. The summed E-state index contributed by atoms with van der Waals surface area (Å²) in [4.78, 5) is 16.5. The normalized spacial score (nSPS) is 10.4. The molecule has 140 valence electrons. The smallest absolute Gasteiger partial charge is 0.222 e. The number of aromatic nitrogens is 1. The van der Waals surface area contributed by atoms with Crippen LogP contribution >= 0.6 is 0 Å². The number of benzene rings is 2. The molecule has 1 amide bonds. The van der Waals surface area contributed by atoms with Crippen LogP contribution in [0.2, 0.25) is 0 Å². The summed E-state index contributed by atoms with van der Waals surface area (Å²) in [5.41, 5.74) is 2.79. The van der Waals surface area contributed by atoms with Crippen LogP contribution in [-0.2, 0) is 11.3 Å². The molecule has 2 aromatic carbocycles. The maximum atomic E-state index is 12.1. The van der Waals surface area contributed by atoms with Crippen molar-refractivity contribution in [1.82, 2.24) is 10.3 Å². The van der Waals surface area contributed by atoms with Crippen molar-refractivity contribution in [3.63, 3.8) is 0 Å². The van der Waals surface area contributed by atoms with Gasteiger partial charge in [-0.15, -0.1) is 0 Å². The summed E-state index contributed by atoms with van der Waals surface area (Å²) < 4.78 is 10.5. The number of rotatable bonds is 8. The molecule has 6 heteroatoms. The Hall–Kier alpha value is -3.28. The molecule has 0 atom stereocenters. The van der Waals surface area contributed by atoms with E-state index in [0.29, 0.717) is 31.0 Å². The van der Waals surface area contributed by atoms with Crippen molar-refractivity contribution in [2.75, 3.05) is 26.1 Å². The summed E-state index contributed by atoms with van der Waals surface area (Å²) in [6.07, 6.45) is 2.14. The SMILES string of the molecule is COc1ccc(CNC(=O)CCNc2cccc3cccnc23)cc1OC. The van der Waals surface area contributed by atoms with Crippen LogP contribution in [0.3, 0.4) is 0 Å². The zero-order valence-corrected chi connectivity index (χ0v) is 15.5. The van der Waals surface area contributed by atoms with Gasteiger partial charge >= 0.3 is 0 Å². The number of anilines is 1.